The van der Waals surface area contributed by atoms with Crippen molar-refractivity contribution in [3.8, 4) is 0 Å². The van der Waals surface area contributed by atoms with E-state index in [1.54, 1.807) is 0 Å². The second kappa shape index (κ2) is 8.36. The molecule has 3 heteroatoms. The summed E-state index contributed by atoms with van der Waals surface area (Å²) in [6, 6.07) is 15.7. The van der Waals surface area contributed by atoms with Crippen molar-refractivity contribution in [3.05, 3.63) is 70.3 Å². The molecule has 2 aliphatic rings. The van der Waals surface area contributed by atoms with E-state index in [2.05, 4.69) is 49.4 Å². The minimum Gasteiger partial charge on any atom is -0.394 e. The van der Waals surface area contributed by atoms with Gasteiger partial charge in [0, 0.05) is 5.54 Å². The molecule has 3 nitrogen and oxygen atoms in total. The van der Waals surface area contributed by atoms with E-state index in [4.69, 9.17) is 10.5 Å². The van der Waals surface area contributed by atoms with Crippen LogP contribution in [0.3, 0.4) is 0 Å². The van der Waals surface area contributed by atoms with Crippen LogP contribution in [0.15, 0.2) is 42.5 Å². The summed E-state index contributed by atoms with van der Waals surface area (Å²) in [5, 5.41) is 9.53. The molecule has 0 aromatic heterocycles. The molecular formula is C25H33NO2. The summed E-state index contributed by atoms with van der Waals surface area (Å²) in [5.41, 5.74) is 12.8. The number of aliphatic hydroxyl groups is 1. The highest BCUT2D eigenvalue weighted by molar-refractivity contribution is 5.37. The van der Waals surface area contributed by atoms with Crippen LogP contribution in [0.4, 0.5) is 0 Å². The fourth-order valence-electron chi connectivity index (χ4n) is 4.81. The molecule has 0 unspecified atom stereocenters. The van der Waals surface area contributed by atoms with Gasteiger partial charge in [-0.3, -0.25) is 0 Å². The van der Waals surface area contributed by atoms with Gasteiger partial charge in [-0.2, -0.15) is 0 Å². The van der Waals surface area contributed by atoms with Gasteiger partial charge in [0.25, 0.3) is 0 Å². The van der Waals surface area contributed by atoms with Crippen LogP contribution < -0.4 is 5.73 Å². The van der Waals surface area contributed by atoms with Gasteiger partial charge in [-0.25, -0.2) is 0 Å². The number of hydrogen-bond donors (Lipinski definition) is 2. The number of hydrogen-bond acceptors (Lipinski definition) is 3. The molecule has 0 radical (unpaired) electrons. The minimum atomic E-state index is -0.380. The summed E-state index contributed by atoms with van der Waals surface area (Å²) in [5.74, 6) is 0.488. The fourth-order valence-corrected chi connectivity index (χ4v) is 4.81. The Kier molecular flexibility index (Phi) is 5.86. The lowest BCUT2D eigenvalue weighted by molar-refractivity contribution is 0.0319. The van der Waals surface area contributed by atoms with Crippen molar-refractivity contribution in [1.82, 2.24) is 0 Å². The number of aryl methyl sites for hydroxylation is 2. The summed E-state index contributed by atoms with van der Waals surface area (Å²) >= 11 is 0. The molecule has 0 aliphatic heterocycles. The zero-order valence-electron chi connectivity index (χ0n) is 17.0. The third-order valence-electron chi connectivity index (χ3n) is 6.76. The number of benzene rings is 2. The number of aliphatic hydroxyl groups excluding tert-OH is 1. The van der Waals surface area contributed by atoms with Crippen molar-refractivity contribution in [3.63, 3.8) is 0 Å². The fraction of sp³-hybridized carbons (Fsp3) is 0.520. The van der Waals surface area contributed by atoms with E-state index in [9.17, 15) is 5.11 Å². The second-order valence-electron chi connectivity index (χ2n) is 8.83. The third kappa shape index (κ3) is 4.32. The van der Waals surface area contributed by atoms with E-state index >= 15 is 0 Å². The summed E-state index contributed by atoms with van der Waals surface area (Å²) in [6.07, 6.45) is 7.46. The Hall–Kier alpha value is -1.68. The Morgan fingerprint density at radius 1 is 1.07 bits per heavy atom. The van der Waals surface area contributed by atoms with E-state index < -0.39 is 0 Å². The van der Waals surface area contributed by atoms with E-state index in [1.165, 1.54) is 27.8 Å². The Balaban J connectivity index is 1.35. The number of nitrogens with two attached hydrogens (primary N) is 1. The quantitative estimate of drug-likeness (QED) is 0.788. The van der Waals surface area contributed by atoms with Crippen molar-refractivity contribution in [1.29, 1.82) is 0 Å². The van der Waals surface area contributed by atoms with Crippen molar-refractivity contribution >= 4 is 0 Å². The smallest absolute Gasteiger partial charge is 0.0720 e. The Bertz CT molecular complexity index is 801. The Morgan fingerprint density at radius 2 is 1.86 bits per heavy atom. The summed E-state index contributed by atoms with van der Waals surface area (Å²) < 4.78 is 6.23. The van der Waals surface area contributed by atoms with E-state index in [-0.39, 0.29) is 12.1 Å². The molecule has 2 aliphatic carbocycles. The highest BCUT2D eigenvalue weighted by Crippen LogP contribution is 2.40. The lowest BCUT2D eigenvalue weighted by Gasteiger charge is -2.26. The first-order valence-electron chi connectivity index (χ1n) is 10.8. The van der Waals surface area contributed by atoms with Gasteiger partial charge in [0.15, 0.2) is 0 Å². The van der Waals surface area contributed by atoms with Crippen LogP contribution in [0.1, 0.15) is 66.3 Å². The Morgan fingerprint density at radius 3 is 2.57 bits per heavy atom. The molecule has 0 amide bonds. The van der Waals surface area contributed by atoms with Gasteiger partial charge in [0.05, 0.1) is 19.3 Å². The highest BCUT2D eigenvalue weighted by atomic mass is 16.5. The van der Waals surface area contributed by atoms with Crippen LogP contribution in [0, 0.1) is 0 Å². The molecule has 3 N–H and O–H groups in total. The van der Waals surface area contributed by atoms with Crippen molar-refractivity contribution in [2.24, 2.45) is 5.73 Å². The first kappa shape index (κ1) is 19.6. The molecule has 28 heavy (non-hydrogen) atoms. The van der Waals surface area contributed by atoms with E-state index in [0.717, 1.165) is 44.9 Å². The molecule has 0 spiro atoms. The molecule has 0 bridgehead atoms. The van der Waals surface area contributed by atoms with Gasteiger partial charge in [0.1, 0.15) is 0 Å². The first-order valence-corrected chi connectivity index (χ1v) is 10.8. The van der Waals surface area contributed by atoms with Crippen LogP contribution >= 0.6 is 0 Å². The third-order valence-corrected chi connectivity index (χ3v) is 6.76. The highest BCUT2D eigenvalue weighted by Gasteiger charge is 2.36. The molecule has 1 saturated carbocycles. The average molecular weight is 380 g/mol. The van der Waals surface area contributed by atoms with Crippen LogP contribution in [-0.2, 0) is 30.6 Å². The molecule has 0 heterocycles. The van der Waals surface area contributed by atoms with Crippen molar-refractivity contribution in [2.75, 3.05) is 6.61 Å². The Labute approximate surface area is 168 Å². The summed E-state index contributed by atoms with van der Waals surface area (Å²) in [7, 11) is 0. The van der Waals surface area contributed by atoms with Gasteiger partial charge in [-0.15, -0.1) is 0 Å². The zero-order valence-corrected chi connectivity index (χ0v) is 17.0. The predicted molar refractivity (Wildman–Crippen MR) is 113 cm³/mol. The molecule has 2 aromatic rings. The SMILES string of the molecule is CCc1ccc(CO[C@@H]2CCc3cc([C@H]4CC[C@@](N)(CO)C4)ccc3C2)cc1. The topological polar surface area (TPSA) is 55.5 Å². The summed E-state index contributed by atoms with van der Waals surface area (Å²) in [6.45, 7) is 2.97. The number of rotatable bonds is 6. The molecular weight excluding hydrogens is 346 g/mol. The molecule has 1 fully saturated rings. The van der Waals surface area contributed by atoms with Crippen LogP contribution in [0.5, 0.6) is 0 Å². The standard InChI is InChI=1S/C25H33NO2/c1-2-18-3-5-19(6-4-18)16-28-24-10-9-20-13-21(7-8-22(20)14-24)23-11-12-25(26,15-23)17-27/h3-8,13,23-24,27H,2,9-12,14-17,26H2,1H3/t23-,24+,25-/m0/s1. The van der Waals surface area contributed by atoms with Crippen LogP contribution in [-0.4, -0.2) is 23.4 Å². The van der Waals surface area contributed by atoms with Gasteiger partial charge < -0.3 is 15.6 Å². The van der Waals surface area contributed by atoms with Crippen molar-refractivity contribution < 1.29 is 9.84 Å². The maximum atomic E-state index is 9.53. The monoisotopic (exact) mass is 379 g/mol. The average Bonchev–Trinajstić information content (AvgIpc) is 3.15. The molecule has 0 saturated heterocycles. The normalized spacial score (nSPS) is 27.0. The minimum absolute atomic E-state index is 0.0919. The number of fused-ring (bicyclic) bond motifs is 1. The van der Waals surface area contributed by atoms with Crippen LogP contribution in [0.2, 0.25) is 0 Å². The van der Waals surface area contributed by atoms with Gasteiger partial charge in [-0.1, -0.05) is 49.4 Å². The molecule has 4 rings (SSSR count). The summed E-state index contributed by atoms with van der Waals surface area (Å²) in [4.78, 5) is 0. The van der Waals surface area contributed by atoms with Gasteiger partial charge >= 0.3 is 0 Å². The maximum absolute atomic E-state index is 9.53. The largest absolute Gasteiger partial charge is 0.394 e. The van der Waals surface area contributed by atoms with Gasteiger partial charge in [0.2, 0.25) is 0 Å². The van der Waals surface area contributed by atoms with Gasteiger partial charge in [-0.05, 0) is 78.7 Å². The van der Waals surface area contributed by atoms with Crippen molar-refractivity contribution in [2.45, 2.75) is 76.0 Å². The first-order chi connectivity index (χ1) is 13.6. The lowest BCUT2D eigenvalue weighted by Crippen LogP contribution is -2.40. The maximum Gasteiger partial charge on any atom is 0.0720 e. The van der Waals surface area contributed by atoms with E-state index in [1.807, 2.05) is 0 Å². The molecule has 150 valence electrons. The van der Waals surface area contributed by atoms with Crippen LogP contribution in [0.25, 0.3) is 0 Å². The molecule has 2 aromatic carbocycles. The zero-order chi connectivity index (χ0) is 19.6. The number of ether oxygens (including phenoxy) is 1. The molecule has 3 atom stereocenters. The second-order valence-corrected chi connectivity index (χ2v) is 8.83. The predicted octanol–water partition coefficient (Wildman–Crippen LogP) is 4.28. The van der Waals surface area contributed by atoms with E-state index in [0.29, 0.717) is 18.6 Å². The lowest BCUT2D eigenvalue weighted by atomic mass is 9.85.